The minimum atomic E-state index is -4.54. The van der Waals surface area contributed by atoms with Gasteiger partial charge in [0.05, 0.1) is 0 Å². The number of halogens is 3. The molecule has 0 unspecified atom stereocenters. The molecule has 0 amide bonds. The third kappa shape index (κ3) is 1.74. The van der Waals surface area contributed by atoms with Crippen molar-refractivity contribution in [2.24, 2.45) is 0 Å². The SMILES string of the molecule is O[C@H](C(F)(F)F)C1(c2ccccc2)CC1. The van der Waals surface area contributed by atoms with E-state index in [1.165, 1.54) is 0 Å². The second kappa shape index (κ2) is 3.23. The summed E-state index contributed by atoms with van der Waals surface area (Å²) in [5.74, 6) is 0. The average molecular weight is 216 g/mol. The van der Waals surface area contributed by atoms with Crippen molar-refractivity contribution in [2.75, 3.05) is 0 Å². The molecule has 0 aromatic heterocycles. The Labute approximate surface area is 85.5 Å². The van der Waals surface area contributed by atoms with E-state index in [0.717, 1.165) is 0 Å². The molecule has 1 fully saturated rings. The molecule has 0 bridgehead atoms. The molecule has 0 radical (unpaired) electrons. The third-order valence-electron chi connectivity index (χ3n) is 2.97. The maximum absolute atomic E-state index is 12.4. The number of benzene rings is 1. The van der Waals surface area contributed by atoms with Gasteiger partial charge in [-0.2, -0.15) is 13.2 Å². The predicted octanol–water partition coefficient (Wildman–Crippen LogP) is 2.64. The summed E-state index contributed by atoms with van der Waals surface area (Å²) >= 11 is 0. The van der Waals surface area contributed by atoms with Crippen LogP contribution in [0.3, 0.4) is 0 Å². The fourth-order valence-electron chi connectivity index (χ4n) is 1.94. The van der Waals surface area contributed by atoms with Gasteiger partial charge < -0.3 is 5.11 Å². The first-order valence-electron chi connectivity index (χ1n) is 4.77. The fourth-order valence-corrected chi connectivity index (χ4v) is 1.94. The van der Waals surface area contributed by atoms with E-state index in [0.29, 0.717) is 18.4 Å². The minimum Gasteiger partial charge on any atom is -0.383 e. The molecule has 1 saturated carbocycles. The van der Waals surface area contributed by atoms with Gasteiger partial charge in [0.25, 0.3) is 0 Å². The van der Waals surface area contributed by atoms with E-state index in [1.807, 2.05) is 0 Å². The van der Waals surface area contributed by atoms with E-state index in [4.69, 9.17) is 0 Å². The number of rotatable bonds is 2. The third-order valence-corrected chi connectivity index (χ3v) is 2.97. The molecule has 0 spiro atoms. The van der Waals surface area contributed by atoms with Crippen LogP contribution >= 0.6 is 0 Å². The summed E-state index contributed by atoms with van der Waals surface area (Å²) in [7, 11) is 0. The van der Waals surface area contributed by atoms with E-state index in [-0.39, 0.29) is 0 Å². The zero-order valence-electron chi connectivity index (χ0n) is 7.96. The van der Waals surface area contributed by atoms with E-state index < -0.39 is 17.7 Å². The molecule has 15 heavy (non-hydrogen) atoms. The van der Waals surface area contributed by atoms with E-state index in [1.54, 1.807) is 30.3 Å². The Bertz CT molecular complexity index is 341. The lowest BCUT2D eigenvalue weighted by Crippen LogP contribution is -2.39. The average Bonchev–Trinajstić information content (AvgIpc) is 2.97. The summed E-state index contributed by atoms with van der Waals surface area (Å²) in [6, 6.07) is 8.42. The molecule has 1 N–H and O–H groups in total. The zero-order chi connectivity index (χ0) is 11.1. The van der Waals surface area contributed by atoms with Crippen LogP contribution in [0, 0.1) is 0 Å². The molecule has 1 aliphatic rings. The zero-order valence-corrected chi connectivity index (χ0v) is 7.96. The fraction of sp³-hybridized carbons (Fsp3) is 0.455. The summed E-state index contributed by atoms with van der Waals surface area (Å²) in [6.07, 6.45) is -5.98. The summed E-state index contributed by atoms with van der Waals surface area (Å²) in [5, 5.41) is 9.30. The van der Waals surface area contributed by atoms with Crippen LogP contribution in [0.25, 0.3) is 0 Å². The van der Waals surface area contributed by atoms with Crippen molar-refractivity contribution in [3.05, 3.63) is 35.9 Å². The van der Waals surface area contributed by atoms with Crippen LogP contribution in [0.4, 0.5) is 13.2 Å². The van der Waals surface area contributed by atoms with Crippen molar-refractivity contribution in [1.82, 2.24) is 0 Å². The van der Waals surface area contributed by atoms with Crippen LogP contribution in [0.2, 0.25) is 0 Å². The Hall–Kier alpha value is -1.03. The van der Waals surface area contributed by atoms with Crippen molar-refractivity contribution < 1.29 is 18.3 Å². The van der Waals surface area contributed by atoms with Gasteiger partial charge in [-0.25, -0.2) is 0 Å². The largest absolute Gasteiger partial charge is 0.415 e. The van der Waals surface area contributed by atoms with Gasteiger partial charge in [0, 0.05) is 5.41 Å². The van der Waals surface area contributed by atoms with Crippen LogP contribution in [-0.2, 0) is 5.41 Å². The van der Waals surface area contributed by atoms with Crippen molar-refractivity contribution in [3.63, 3.8) is 0 Å². The predicted molar refractivity (Wildman–Crippen MR) is 49.4 cm³/mol. The summed E-state index contributed by atoms with van der Waals surface area (Å²) < 4.78 is 37.3. The molecule has 1 nitrogen and oxygen atoms in total. The quantitative estimate of drug-likeness (QED) is 0.805. The first-order chi connectivity index (χ1) is 6.97. The normalized spacial score (nSPS) is 21.1. The van der Waals surface area contributed by atoms with Crippen molar-refractivity contribution in [1.29, 1.82) is 0 Å². The Morgan fingerprint density at radius 2 is 1.67 bits per heavy atom. The first kappa shape index (κ1) is 10.5. The van der Waals surface area contributed by atoms with Gasteiger partial charge in [-0.05, 0) is 18.4 Å². The molecule has 82 valence electrons. The van der Waals surface area contributed by atoms with Gasteiger partial charge >= 0.3 is 6.18 Å². The Morgan fingerprint density at radius 3 is 2.07 bits per heavy atom. The van der Waals surface area contributed by atoms with Gasteiger partial charge in [0.2, 0.25) is 0 Å². The Morgan fingerprint density at radius 1 is 1.13 bits per heavy atom. The van der Waals surface area contributed by atoms with Crippen molar-refractivity contribution in [2.45, 2.75) is 30.5 Å². The van der Waals surface area contributed by atoms with Gasteiger partial charge in [-0.3, -0.25) is 0 Å². The van der Waals surface area contributed by atoms with Crippen LogP contribution in [0.15, 0.2) is 30.3 Å². The monoisotopic (exact) mass is 216 g/mol. The van der Waals surface area contributed by atoms with Gasteiger partial charge in [0.1, 0.15) is 0 Å². The molecule has 1 aliphatic carbocycles. The Balaban J connectivity index is 2.29. The van der Waals surface area contributed by atoms with E-state index in [2.05, 4.69) is 0 Å². The molecular weight excluding hydrogens is 205 g/mol. The second-order valence-corrected chi connectivity index (χ2v) is 3.97. The van der Waals surface area contributed by atoms with Crippen LogP contribution in [0.5, 0.6) is 0 Å². The highest BCUT2D eigenvalue weighted by Gasteiger charge is 2.60. The van der Waals surface area contributed by atoms with Gasteiger partial charge in [-0.1, -0.05) is 30.3 Å². The second-order valence-electron chi connectivity index (χ2n) is 3.97. The summed E-state index contributed by atoms with van der Waals surface area (Å²) in [6.45, 7) is 0. The van der Waals surface area contributed by atoms with Crippen molar-refractivity contribution in [3.8, 4) is 0 Å². The topological polar surface area (TPSA) is 20.2 Å². The molecule has 2 rings (SSSR count). The molecule has 0 aliphatic heterocycles. The number of aliphatic hydroxyl groups is 1. The lowest BCUT2D eigenvalue weighted by molar-refractivity contribution is -0.214. The molecule has 0 heterocycles. The maximum atomic E-state index is 12.4. The van der Waals surface area contributed by atoms with Gasteiger partial charge in [0.15, 0.2) is 6.10 Å². The van der Waals surface area contributed by atoms with Crippen LogP contribution < -0.4 is 0 Å². The number of aliphatic hydroxyl groups excluding tert-OH is 1. The smallest absolute Gasteiger partial charge is 0.383 e. The standard InChI is InChI=1S/C11H11F3O/c12-11(13,14)9(15)10(6-7-10)8-4-2-1-3-5-8/h1-5,9,15H,6-7H2/t9-/m0/s1. The highest BCUT2D eigenvalue weighted by molar-refractivity contribution is 5.33. The molecular formula is C11H11F3O. The van der Waals surface area contributed by atoms with Crippen LogP contribution in [0.1, 0.15) is 18.4 Å². The van der Waals surface area contributed by atoms with E-state index >= 15 is 0 Å². The number of alkyl halides is 3. The molecule has 1 atom stereocenters. The van der Waals surface area contributed by atoms with Crippen molar-refractivity contribution >= 4 is 0 Å². The lowest BCUT2D eigenvalue weighted by atomic mass is 9.89. The number of hydrogen-bond acceptors (Lipinski definition) is 1. The molecule has 1 aromatic carbocycles. The molecule has 0 saturated heterocycles. The summed E-state index contributed by atoms with van der Waals surface area (Å²) in [5.41, 5.74) is -0.505. The first-order valence-corrected chi connectivity index (χ1v) is 4.77. The molecule has 4 heteroatoms. The van der Waals surface area contributed by atoms with Gasteiger partial charge in [-0.15, -0.1) is 0 Å². The highest BCUT2D eigenvalue weighted by Crippen LogP contribution is 2.54. The Kier molecular flexibility index (Phi) is 2.26. The maximum Gasteiger partial charge on any atom is 0.415 e. The van der Waals surface area contributed by atoms with Crippen LogP contribution in [-0.4, -0.2) is 17.4 Å². The van der Waals surface area contributed by atoms with E-state index in [9.17, 15) is 18.3 Å². The number of hydrogen-bond donors (Lipinski definition) is 1. The summed E-state index contributed by atoms with van der Waals surface area (Å²) in [4.78, 5) is 0. The minimum absolute atomic E-state index is 0.400. The lowest BCUT2D eigenvalue weighted by Gasteiger charge is -2.24. The molecule has 1 aromatic rings. The highest BCUT2D eigenvalue weighted by atomic mass is 19.4.